The number of imide groups is 1. The van der Waals surface area contributed by atoms with Gasteiger partial charge in [-0.3, -0.25) is 33.8 Å². The summed E-state index contributed by atoms with van der Waals surface area (Å²) >= 11 is 0. The molecular weight excluding hydrogens is 887 g/mol. The Hall–Kier alpha value is -7.39. The normalized spacial score (nSPS) is 17.2. The number of rotatable bonds is 25. The van der Waals surface area contributed by atoms with Crippen LogP contribution in [0.1, 0.15) is 62.5 Å². The van der Waals surface area contributed by atoms with E-state index < -0.39 is 83.6 Å². The van der Waals surface area contributed by atoms with Crippen molar-refractivity contribution >= 4 is 75.4 Å². The largest absolute Gasteiger partial charge is 0.370 e. The molecule has 2 saturated heterocycles. The van der Waals surface area contributed by atoms with Gasteiger partial charge < -0.3 is 64.2 Å². The number of carbonyl (C=O) groups is 8. The number of H-pyrrole nitrogens is 1. The molecule has 69 heavy (non-hydrogen) atoms. The van der Waals surface area contributed by atoms with Crippen LogP contribution in [-0.4, -0.2) is 133 Å². The number of aliphatic imine (C=N–C) groups is 1. The van der Waals surface area contributed by atoms with E-state index in [9.17, 15) is 38.4 Å². The Morgan fingerprint density at radius 1 is 0.841 bits per heavy atom. The van der Waals surface area contributed by atoms with Crippen molar-refractivity contribution in [3.05, 3.63) is 84.1 Å². The van der Waals surface area contributed by atoms with Crippen LogP contribution < -0.4 is 54.4 Å². The second-order valence-corrected chi connectivity index (χ2v) is 17.5. The number of amides is 8. The minimum Gasteiger partial charge on any atom is -0.370 e. The van der Waals surface area contributed by atoms with Crippen LogP contribution in [-0.2, 0) is 46.4 Å². The number of nitrogens with one attached hydrogen (secondary N) is 8. The minimum atomic E-state index is -1.60. The molecule has 0 bridgehead atoms. The third kappa shape index (κ3) is 13.2. The van der Waals surface area contributed by atoms with Gasteiger partial charge in [0, 0.05) is 36.6 Å². The summed E-state index contributed by atoms with van der Waals surface area (Å²) in [4.78, 5) is 115. The van der Waals surface area contributed by atoms with E-state index in [0.717, 1.165) is 37.7 Å². The van der Waals surface area contributed by atoms with Gasteiger partial charge in [-0.2, -0.15) is 0 Å². The minimum absolute atomic E-state index is 0.0581. The predicted molar refractivity (Wildman–Crippen MR) is 259 cm³/mol. The molecule has 2 aliphatic heterocycles. The van der Waals surface area contributed by atoms with Crippen LogP contribution in [0.2, 0.25) is 0 Å². The highest BCUT2D eigenvalue weighted by atomic mass is 16.2. The average Bonchev–Trinajstić information content (AvgIpc) is 3.88. The maximum atomic E-state index is 14.1. The molecule has 0 spiro atoms. The van der Waals surface area contributed by atoms with Crippen LogP contribution in [0.5, 0.6) is 0 Å². The molecule has 6 rings (SSSR count). The smallest absolute Gasteiger partial charge is 0.325 e. The van der Waals surface area contributed by atoms with Crippen molar-refractivity contribution in [3.63, 3.8) is 0 Å². The second kappa shape index (κ2) is 24.1. The number of para-hydroxylation sites is 1. The van der Waals surface area contributed by atoms with Gasteiger partial charge in [-0.15, -0.1) is 0 Å². The highest BCUT2D eigenvalue weighted by molar-refractivity contribution is 6.10. The molecule has 4 aromatic rings. The van der Waals surface area contributed by atoms with Crippen LogP contribution in [0.3, 0.4) is 0 Å². The van der Waals surface area contributed by atoms with Crippen molar-refractivity contribution in [3.8, 4) is 0 Å². The standard InChI is InChI=1S/C48H63N13O8/c1-52-37(14-8-20-55-46(50)51)42(65)59-38(25-32-27-56-35-12-5-4-11-34(32)35)43(66)58-36(41(49)64)13-6-7-19-54-40(63)26-39-44(67)61(47(69)60-39)48(17-21-53-22-18-48)45(68)57-33(28-62)24-29-15-16-30-9-2-3-10-31(30)23-29/h2-5,9-12,15-16,23,27-28,33,36-39,52-53,56H,6-8,13-14,17-22,24-26H2,1H3,(H2,49,64)(H,54,63)(H,57,68)(H,58,66)(H,59,65)(H,60,69)(H4,50,51,55)/t33-,36+,37+,38+,39+/m1/s1. The fraction of sp³-hybridized carbons (Fsp3) is 0.438. The van der Waals surface area contributed by atoms with Gasteiger partial charge in [0.05, 0.1) is 18.5 Å². The van der Waals surface area contributed by atoms with Crippen molar-refractivity contribution in [2.75, 3.05) is 33.2 Å². The molecule has 3 aromatic carbocycles. The summed E-state index contributed by atoms with van der Waals surface area (Å²) < 4.78 is 0. The van der Waals surface area contributed by atoms with E-state index in [1.165, 1.54) is 0 Å². The number of urea groups is 1. The van der Waals surface area contributed by atoms with E-state index in [-0.39, 0.29) is 44.6 Å². The SMILES string of the molecule is CN[C@@H](CCCN=C(N)N)C(=O)N[C@@H](Cc1c[nH]c2ccccc12)C(=O)N[C@@H](CCCCNC(=O)C[C@@H]1NC(=O)N(C2(C(=O)N[C@@H](C=O)Cc3ccc4ccccc4c3)CCNCC2)C1=O)C(N)=O. The van der Waals surface area contributed by atoms with E-state index in [4.69, 9.17) is 17.2 Å². The van der Waals surface area contributed by atoms with Crippen LogP contribution in [0.25, 0.3) is 21.7 Å². The Kier molecular flexibility index (Phi) is 17.8. The number of hydrogen-bond donors (Lipinski definition) is 11. The van der Waals surface area contributed by atoms with Crippen LogP contribution in [0, 0.1) is 0 Å². The van der Waals surface area contributed by atoms with Crippen molar-refractivity contribution < 1.29 is 38.4 Å². The number of nitrogens with two attached hydrogens (primary N) is 3. The zero-order chi connectivity index (χ0) is 49.5. The second-order valence-electron chi connectivity index (χ2n) is 17.5. The summed E-state index contributed by atoms with van der Waals surface area (Å²) in [5, 5.41) is 22.6. The molecule has 0 radical (unpaired) electrons. The number of nitrogens with zero attached hydrogens (tertiary/aromatic N) is 2. The first-order chi connectivity index (χ1) is 33.2. The van der Waals surface area contributed by atoms with Gasteiger partial charge in [0.25, 0.3) is 5.91 Å². The first kappa shape index (κ1) is 51.0. The lowest BCUT2D eigenvalue weighted by molar-refractivity contribution is -0.145. The number of hydrogen-bond acceptors (Lipinski definition) is 11. The predicted octanol–water partition coefficient (Wildman–Crippen LogP) is -0.394. The lowest BCUT2D eigenvalue weighted by atomic mass is 9.84. The first-order valence-corrected chi connectivity index (χ1v) is 23.3. The maximum absolute atomic E-state index is 14.1. The zero-order valence-electron chi connectivity index (χ0n) is 38.7. The van der Waals surface area contributed by atoms with Gasteiger partial charge in [-0.1, -0.05) is 60.7 Å². The van der Waals surface area contributed by atoms with E-state index in [1.54, 1.807) is 13.2 Å². The van der Waals surface area contributed by atoms with Crippen LogP contribution in [0.15, 0.2) is 77.9 Å². The highest BCUT2D eigenvalue weighted by Crippen LogP contribution is 2.31. The summed E-state index contributed by atoms with van der Waals surface area (Å²) in [7, 11) is 1.62. The van der Waals surface area contributed by atoms with E-state index >= 15 is 0 Å². The topological polar surface area (TPSA) is 330 Å². The van der Waals surface area contributed by atoms with Crippen LogP contribution in [0.4, 0.5) is 4.79 Å². The molecule has 5 atom stereocenters. The number of aromatic nitrogens is 1. The number of piperidine rings is 1. The maximum Gasteiger partial charge on any atom is 0.325 e. The molecule has 1 aromatic heterocycles. The van der Waals surface area contributed by atoms with Crippen molar-refractivity contribution in [1.82, 2.24) is 47.1 Å². The van der Waals surface area contributed by atoms with Crippen molar-refractivity contribution in [1.29, 1.82) is 0 Å². The molecule has 0 unspecified atom stereocenters. The van der Waals surface area contributed by atoms with Gasteiger partial charge in [0.1, 0.15) is 30.0 Å². The molecule has 21 heteroatoms. The molecule has 8 amide bonds. The highest BCUT2D eigenvalue weighted by Gasteiger charge is 2.55. The Morgan fingerprint density at radius 3 is 2.26 bits per heavy atom. The number of carbonyl (C=O) groups excluding carboxylic acids is 8. The average molecular weight is 950 g/mol. The zero-order valence-corrected chi connectivity index (χ0v) is 38.7. The van der Waals surface area contributed by atoms with Gasteiger partial charge in [-0.25, -0.2) is 9.69 Å². The number of unbranched alkanes of at least 4 members (excludes halogenated alkanes) is 1. The molecule has 3 heterocycles. The summed E-state index contributed by atoms with van der Waals surface area (Å²) in [6, 6.07) is 15.2. The summed E-state index contributed by atoms with van der Waals surface area (Å²) in [6.07, 6.45) is 4.19. The molecule has 14 N–H and O–H groups in total. The quantitative estimate of drug-likeness (QED) is 0.0133. The molecule has 0 saturated carbocycles. The van der Waals surface area contributed by atoms with Crippen molar-refractivity contribution in [2.24, 2.45) is 22.2 Å². The number of fused-ring (bicyclic) bond motifs is 2. The Morgan fingerprint density at radius 2 is 1.54 bits per heavy atom. The molecule has 0 aliphatic carbocycles. The van der Waals surface area contributed by atoms with E-state index in [0.29, 0.717) is 51.6 Å². The van der Waals surface area contributed by atoms with E-state index in [1.807, 2.05) is 66.7 Å². The fourth-order valence-electron chi connectivity index (χ4n) is 8.95. The fourth-order valence-corrected chi connectivity index (χ4v) is 8.95. The lowest BCUT2D eigenvalue weighted by Gasteiger charge is -2.41. The number of aldehydes is 1. The van der Waals surface area contributed by atoms with Crippen molar-refractivity contribution in [2.45, 2.75) is 100.0 Å². The first-order valence-electron chi connectivity index (χ1n) is 23.3. The summed E-state index contributed by atoms with van der Waals surface area (Å²) in [5.74, 6) is -3.80. The lowest BCUT2D eigenvalue weighted by Crippen LogP contribution is -2.66. The number of benzene rings is 3. The Bertz CT molecular complexity index is 2540. The number of guanidine groups is 1. The van der Waals surface area contributed by atoms with E-state index in [2.05, 4.69) is 47.2 Å². The molecule has 2 aliphatic rings. The number of primary amides is 1. The number of likely N-dealkylation sites (N-methyl/N-ethyl adjacent to an activating group) is 1. The third-order valence-electron chi connectivity index (χ3n) is 12.7. The molecule has 368 valence electrons. The van der Waals surface area contributed by atoms with Crippen LogP contribution >= 0.6 is 0 Å². The summed E-state index contributed by atoms with van der Waals surface area (Å²) in [6.45, 7) is 1.10. The monoisotopic (exact) mass is 949 g/mol. The molecular formula is C48H63N13O8. The van der Waals surface area contributed by atoms with Gasteiger partial charge >= 0.3 is 6.03 Å². The van der Waals surface area contributed by atoms with Gasteiger partial charge in [0.15, 0.2) is 5.96 Å². The van der Waals surface area contributed by atoms with Gasteiger partial charge in [-0.05, 0) is 99.5 Å². The number of aromatic amines is 1. The Labute approximate surface area is 399 Å². The summed E-state index contributed by atoms with van der Waals surface area (Å²) in [5.41, 5.74) is 17.4. The van der Waals surface area contributed by atoms with Gasteiger partial charge in [0.2, 0.25) is 29.5 Å². The molecule has 2 fully saturated rings. The third-order valence-corrected chi connectivity index (χ3v) is 12.7. The Balaban J connectivity index is 1.01. The molecule has 21 nitrogen and oxygen atoms in total.